The zero-order chi connectivity index (χ0) is 10.1. The fourth-order valence-electron chi connectivity index (χ4n) is 0.869. The van der Waals surface area contributed by atoms with Crippen LogP contribution < -0.4 is 0 Å². The fourth-order valence-corrected chi connectivity index (χ4v) is 2.05. The average molecular weight is 218 g/mol. The molecule has 68 valence electrons. The first kappa shape index (κ1) is 9.84. The summed E-state index contributed by atoms with van der Waals surface area (Å²) in [6.07, 6.45) is 0. The van der Waals surface area contributed by atoms with Gasteiger partial charge in [0.1, 0.15) is 16.7 Å². The lowest BCUT2D eigenvalue weighted by atomic mass is 10.2. The molecule has 1 N–H and O–H groups in total. The van der Waals surface area contributed by atoms with E-state index in [0.29, 0.717) is 0 Å². The smallest absolute Gasteiger partial charge is 0.266 e. The van der Waals surface area contributed by atoms with Crippen LogP contribution in [-0.4, -0.2) is 13.5 Å². The number of rotatable bonds is 1. The summed E-state index contributed by atoms with van der Waals surface area (Å²) in [6, 6.07) is 5.39. The Morgan fingerprint density at radius 3 is 2.46 bits per heavy atom. The number of nitrogens with zero attached hydrogens (tertiary/aromatic N) is 1. The van der Waals surface area contributed by atoms with Gasteiger partial charge in [-0.3, -0.25) is 0 Å². The van der Waals surface area contributed by atoms with E-state index in [-0.39, 0.29) is 5.56 Å². The van der Waals surface area contributed by atoms with Crippen molar-refractivity contribution in [3.05, 3.63) is 23.8 Å². The zero-order valence-electron chi connectivity index (χ0n) is 6.23. The molecule has 0 bridgehead atoms. The molecule has 1 rings (SSSR count). The summed E-state index contributed by atoms with van der Waals surface area (Å²) in [5, 5.41) is 17.7. The minimum atomic E-state index is -4.08. The number of aromatic hydroxyl groups is 1. The largest absolute Gasteiger partial charge is 0.506 e. The Kier molecular flexibility index (Phi) is 2.45. The summed E-state index contributed by atoms with van der Waals surface area (Å²) in [6.45, 7) is 0. The second-order valence-corrected chi connectivity index (χ2v) is 4.71. The molecule has 0 saturated carbocycles. The normalized spacial score (nSPS) is 10.8. The quantitative estimate of drug-likeness (QED) is 0.717. The topological polar surface area (TPSA) is 78.2 Å². The molecule has 0 spiro atoms. The molecular formula is C7H4ClNO3S. The van der Waals surface area contributed by atoms with Gasteiger partial charge in [0.05, 0.1) is 5.56 Å². The van der Waals surface area contributed by atoms with Crippen molar-refractivity contribution in [2.75, 3.05) is 0 Å². The first-order valence-electron chi connectivity index (χ1n) is 3.13. The van der Waals surface area contributed by atoms with Crippen LogP contribution in [0.15, 0.2) is 23.1 Å². The molecule has 0 aliphatic carbocycles. The number of phenolic OH excluding ortho intramolecular Hbond substituents is 1. The highest BCUT2D eigenvalue weighted by Gasteiger charge is 2.19. The van der Waals surface area contributed by atoms with Gasteiger partial charge in [-0.15, -0.1) is 0 Å². The molecule has 4 nitrogen and oxygen atoms in total. The maximum Gasteiger partial charge on any atom is 0.266 e. The van der Waals surface area contributed by atoms with Crippen LogP contribution in [0.1, 0.15) is 5.56 Å². The Bertz CT molecular complexity index is 475. The van der Waals surface area contributed by atoms with Crippen LogP contribution in [0.5, 0.6) is 5.75 Å². The zero-order valence-corrected chi connectivity index (χ0v) is 7.80. The lowest BCUT2D eigenvalue weighted by Crippen LogP contribution is -1.95. The van der Waals surface area contributed by atoms with Gasteiger partial charge in [0.15, 0.2) is 0 Å². The van der Waals surface area contributed by atoms with Gasteiger partial charge in [-0.2, -0.15) is 5.26 Å². The predicted molar refractivity (Wildman–Crippen MR) is 45.9 cm³/mol. The summed E-state index contributed by atoms with van der Waals surface area (Å²) < 4.78 is 21.8. The minimum absolute atomic E-state index is 0.171. The lowest BCUT2D eigenvalue weighted by Gasteiger charge is -2.00. The molecule has 0 saturated heterocycles. The van der Waals surface area contributed by atoms with Crippen molar-refractivity contribution in [1.29, 1.82) is 5.26 Å². The molecule has 0 amide bonds. The maximum atomic E-state index is 10.9. The van der Waals surface area contributed by atoms with Crippen molar-refractivity contribution >= 4 is 19.7 Å². The van der Waals surface area contributed by atoms with Crippen molar-refractivity contribution in [2.45, 2.75) is 4.90 Å². The van der Waals surface area contributed by atoms with Gasteiger partial charge in [-0.05, 0) is 12.1 Å². The van der Waals surface area contributed by atoms with Crippen molar-refractivity contribution in [3.8, 4) is 11.8 Å². The van der Waals surface area contributed by atoms with Crippen LogP contribution in [0, 0.1) is 11.3 Å². The van der Waals surface area contributed by atoms with E-state index < -0.39 is 19.7 Å². The van der Waals surface area contributed by atoms with E-state index in [9.17, 15) is 8.42 Å². The van der Waals surface area contributed by atoms with E-state index in [1.54, 1.807) is 6.07 Å². The van der Waals surface area contributed by atoms with Crippen LogP contribution in [0.3, 0.4) is 0 Å². The van der Waals surface area contributed by atoms with E-state index in [1.165, 1.54) is 12.1 Å². The molecular weight excluding hydrogens is 214 g/mol. The average Bonchev–Trinajstić information content (AvgIpc) is 2.01. The van der Waals surface area contributed by atoms with Crippen molar-refractivity contribution in [3.63, 3.8) is 0 Å². The van der Waals surface area contributed by atoms with Crippen molar-refractivity contribution < 1.29 is 13.5 Å². The number of hydrogen-bond acceptors (Lipinski definition) is 4. The Morgan fingerprint density at radius 1 is 1.46 bits per heavy atom. The Balaban J connectivity index is 3.62. The summed E-state index contributed by atoms with van der Waals surface area (Å²) in [5.41, 5.74) is -0.171. The molecule has 0 unspecified atom stereocenters. The second kappa shape index (κ2) is 3.24. The van der Waals surface area contributed by atoms with Gasteiger partial charge in [0, 0.05) is 10.7 Å². The van der Waals surface area contributed by atoms with Gasteiger partial charge < -0.3 is 5.11 Å². The van der Waals surface area contributed by atoms with Crippen molar-refractivity contribution in [2.24, 2.45) is 0 Å². The predicted octanol–water partition coefficient (Wildman–Crippen LogP) is 1.19. The number of nitriles is 1. The maximum absolute atomic E-state index is 10.9. The minimum Gasteiger partial charge on any atom is -0.506 e. The molecule has 0 fully saturated rings. The van der Waals surface area contributed by atoms with Crippen LogP contribution >= 0.6 is 10.7 Å². The lowest BCUT2D eigenvalue weighted by molar-refractivity contribution is 0.459. The standard InChI is InChI=1S/C7H4ClNO3S/c8-13(11,12)7-5(4-9)2-1-3-6(7)10/h1-3,10H. The van der Waals surface area contributed by atoms with E-state index in [0.717, 1.165) is 6.07 Å². The van der Waals surface area contributed by atoms with Gasteiger partial charge >= 0.3 is 0 Å². The monoisotopic (exact) mass is 217 g/mol. The Hall–Kier alpha value is -1.25. The Labute approximate surface area is 79.4 Å². The second-order valence-electron chi connectivity index (χ2n) is 2.20. The van der Waals surface area contributed by atoms with Gasteiger partial charge in [0.2, 0.25) is 0 Å². The van der Waals surface area contributed by atoms with E-state index in [2.05, 4.69) is 0 Å². The third-order valence-electron chi connectivity index (χ3n) is 1.36. The molecule has 0 aliphatic rings. The van der Waals surface area contributed by atoms with Crippen LogP contribution in [0.4, 0.5) is 0 Å². The molecule has 13 heavy (non-hydrogen) atoms. The first-order chi connectivity index (χ1) is 5.96. The van der Waals surface area contributed by atoms with Gasteiger partial charge in [-0.1, -0.05) is 6.07 Å². The highest BCUT2D eigenvalue weighted by Crippen LogP contribution is 2.28. The molecule has 0 radical (unpaired) electrons. The highest BCUT2D eigenvalue weighted by molar-refractivity contribution is 8.13. The summed E-state index contributed by atoms with van der Waals surface area (Å²) in [5.74, 6) is -0.519. The molecule has 0 atom stereocenters. The molecule has 0 aliphatic heterocycles. The highest BCUT2D eigenvalue weighted by atomic mass is 35.7. The molecule has 0 aromatic heterocycles. The number of halogens is 1. The summed E-state index contributed by atoms with van der Waals surface area (Å²) in [4.78, 5) is -0.542. The molecule has 1 aromatic rings. The number of benzene rings is 1. The van der Waals surface area contributed by atoms with Crippen LogP contribution in [0.2, 0.25) is 0 Å². The van der Waals surface area contributed by atoms with Crippen LogP contribution in [0.25, 0.3) is 0 Å². The molecule has 6 heteroatoms. The summed E-state index contributed by atoms with van der Waals surface area (Å²) >= 11 is 0. The van der Waals surface area contributed by atoms with Crippen LogP contribution in [-0.2, 0) is 9.05 Å². The van der Waals surface area contributed by atoms with Gasteiger partial charge in [-0.25, -0.2) is 8.42 Å². The third kappa shape index (κ3) is 1.91. The molecule has 0 heterocycles. The number of phenols is 1. The molecule has 1 aromatic carbocycles. The first-order valence-corrected chi connectivity index (χ1v) is 5.44. The van der Waals surface area contributed by atoms with E-state index in [1.807, 2.05) is 0 Å². The van der Waals surface area contributed by atoms with Crippen molar-refractivity contribution in [1.82, 2.24) is 0 Å². The number of hydrogen-bond donors (Lipinski definition) is 1. The third-order valence-corrected chi connectivity index (χ3v) is 2.74. The fraction of sp³-hybridized carbons (Fsp3) is 0. The van der Waals surface area contributed by atoms with Gasteiger partial charge in [0.25, 0.3) is 9.05 Å². The summed E-state index contributed by atoms with van der Waals surface area (Å²) in [7, 11) is 0.932. The van der Waals surface area contributed by atoms with E-state index in [4.69, 9.17) is 21.1 Å². The van der Waals surface area contributed by atoms with E-state index >= 15 is 0 Å². The SMILES string of the molecule is N#Cc1cccc(O)c1S(=O)(=O)Cl. The Morgan fingerprint density at radius 2 is 2.08 bits per heavy atom.